The van der Waals surface area contributed by atoms with Gasteiger partial charge in [-0.1, -0.05) is 20.8 Å². The van der Waals surface area contributed by atoms with Gasteiger partial charge in [0.15, 0.2) is 0 Å². The average molecular weight is 249 g/mol. The minimum absolute atomic E-state index is 0.139. The Bertz CT molecular complexity index is 440. The van der Waals surface area contributed by atoms with Crippen molar-refractivity contribution in [1.82, 2.24) is 5.32 Å². The SMILES string of the molecule is CCNC1CC(C)(C)c2c(OC)cc(OC)cc21. The van der Waals surface area contributed by atoms with Gasteiger partial charge in [0.2, 0.25) is 0 Å². The summed E-state index contributed by atoms with van der Waals surface area (Å²) in [6.45, 7) is 7.67. The maximum atomic E-state index is 5.55. The lowest BCUT2D eigenvalue weighted by Gasteiger charge is -2.21. The van der Waals surface area contributed by atoms with Crippen molar-refractivity contribution < 1.29 is 9.47 Å². The standard InChI is InChI=1S/C15H23NO2/c1-6-16-12-9-15(2,3)14-11(12)7-10(17-4)8-13(14)18-5/h7-8,12,16H,6,9H2,1-5H3. The number of fused-ring (bicyclic) bond motifs is 1. The number of benzene rings is 1. The fourth-order valence-electron chi connectivity index (χ4n) is 3.04. The largest absolute Gasteiger partial charge is 0.497 e. The van der Waals surface area contributed by atoms with E-state index in [-0.39, 0.29) is 5.41 Å². The summed E-state index contributed by atoms with van der Waals surface area (Å²) in [6.07, 6.45) is 1.10. The molecule has 18 heavy (non-hydrogen) atoms. The van der Waals surface area contributed by atoms with E-state index >= 15 is 0 Å². The summed E-state index contributed by atoms with van der Waals surface area (Å²) in [6, 6.07) is 4.51. The van der Waals surface area contributed by atoms with Crippen LogP contribution in [-0.4, -0.2) is 20.8 Å². The van der Waals surface area contributed by atoms with Crippen molar-refractivity contribution in [1.29, 1.82) is 0 Å². The van der Waals surface area contributed by atoms with Crippen LogP contribution in [0.4, 0.5) is 0 Å². The highest BCUT2D eigenvalue weighted by Crippen LogP contribution is 2.50. The highest BCUT2D eigenvalue weighted by atomic mass is 16.5. The second-order valence-electron chi connectivity index (χ2n) is 5.49. The summed E-state index contributed by atoms with van der Waals surface area (Å²) in [5, 5.41) is 3.55. The van der Waals surface area contributed by atoms with Gasteiger partial charge in [0.25, 0.3) is 0 Å². The fourth-order valence-corrected chi connectivity index (χ4v) is 3.04. The molecule has 2 rings (SSSR count). The molecule has 0 bridgehead atoms. The normalized spacial score (nSPS) is 20.6. The van der Waals surface area contributed by atoms with E-state index in [0.29, 0.717) is 6.04 Å². The number of nitrogens with one attached hydrogen (secondary N) is 1. The Morgan fingerprint density at radius 3 is 2.56 bits per heavy atom. The van der Waals surface area contributed by atoms with Crippen molar-refractivity contribution in [3.05, 3.63) is 23.3 Å². The van der Waals surface area contributed by atoms with Crippen molar-refractivity contribution in [2.75, 3.05) is 20.8 Å². The summed E-state index contributed by atoms with van der Waals surface area (Å²) < 4.78 is 10.9. The van der Waals surface area contributed by atoms with Crippen LogP contribution in [0.5, 0.6) is 11.5 Å². The van der Waals surface area contributed by atoms with E-state index < -0.39 is 0 Å². The van der Waals surface area contributed by atoms with Gasteiger partial charge in [0.1, 0.15) is 11.5 Å². The van der Waals surface area contributed by atoms with Crippen LogP contribution < -0.4 is 14.8 Å². The van der Waals surface area contributed by atoms with E-state index in [2.05, 4.69) is 32.2 Å². The van der Waals surface area contributed by atoms with Crippen molar-refractivity contribution in [3.8, 4) is 11.5 Å². The molecule has 1 atom stereocenters. The molecular weight excluding hydrogens is 226 g/mol. The Morgan fingerprint density at radius 1 is 1.28 bits per heavy atom. The van der Waals surface area contributed by atoms with Crippen molar-refractivity contribution in [2.24, 2.45) is 0 Å². The van der Waals surface area contributed by atoms with Crippen LogP contribution in [0.2, 0.25) is 0 Å². The van der Waals surface area contributed by atoms with Crippen LogP contribution in [0.25, 0.3) is 0 Å². The lowest BCUT2D eigenvalue weighted by Crippen LogP contribution is -2.20. The van der Waals surface area contributed by atoms with Gasteiger partial charge < -0.3 is 14.8 Å². The predicted octanol–water partition coefficient (Wildman–Crippen LogP) is 3.04. The molecule has 0 spiro atoms. The zero-order chi connectivity index (χ0) is 13.3. The first-order chi connectivity index (χ1) is 8.53. The number of ether oxygens (including phenoxy) is 2. The zero-order valence-electron chi connectivity index (χ0n) is 12.0. The average Bonchev–Trinajstić information content (AvgIpc) is 2.60. The minimum atomic E-state index is 0.139. The fraction of sp³-hybridized carbons (Fsp3) is 0.600. The molecule has 1 unspecified atom stereocenters. The number of hydrogen-bond donors (Lipinski definition) is 1. The summed E-state index contributed by atoms with van der Waals surface area (Å²) in [5.41, 5.74) is 2.77. The van der Waals surface area contributed by atoms with Gasteiger partial charge >= 0.3 is 0 Å². The Balaban J connectivity index is 2.56. The van der Waals surface area contributed by atoms with Gasteiger partial charge in [0, 0.05) is 17.7 Å². The topological polar surface area (TPSA) is 30.5 Å². The van der Waals surface area contributed by atoms with Crippen LogP contribution in [0.1, 0.15) is 44.4 Å². The van der Waals surface area contributed by atoms with Crippen LogP contribution >= 0.6 is 0 Å². The first-order valence-corrected chi connectivity index (χ1v) is 6.53. The molecule has 0 radical (unpaired) electrons. The van der Waals surface area contributed by atoms with Gasteiger partial charge in [-0.2, -0.15) is 0 Å². The van der Waals surface area contributed by atoms with Crippen LogP contribution in [0.3, 0.4) is 0 Å². The van der Waals surface area contributed by atoms with E-state index in [1.807, 2.05) is 6.07 Å². The van der Waals surface area contributed by atoms with Crippen molar-refractivity contribution in [3.63, 3.8) is 0 Å². The molecule has 1 aromatic rings. The molecule has 1 N–H and O–H groups in total. The lowest BCUT2D eigenvalue weighted by molar-refractivity contribution is 0.380. The van der Waals surface area contributed by atoms with Gasteiger partial charge in [-0.05, 0) is 30.0 Å². The Labute approximate surface area is 109 Å². The number of rotatable bonds is 4. The molecule has 0 aromatic heterocycles. The Morgan fingerprint density at radius 2 is 2.00 bits per heavy atom. The third-order valence-corrected chi connectivity index (χ3v) is 3.78. The minimum Gasteiger partial charge on any atom is -0.497 e. The highest BCUT2D eigenvalue weighted by Gasteiger charge is 2.39. The number of hydrogen-bond acceptors (Lipinski definition) is 3. The van der Waals surface area contributed by atoms with E-state index in [0.717, 1.165) is 24.5 Å². The van der Waals surface area contributed by atoms with Gasteiger partial charge in [-0.15, -0.1) is 0 Å². The molecule has 3 nitrogen and oxygen atoms in total. The second kappa shape index (κ2) is 4.81. The summed E-state index contributed by atoms with van der Waals surface area (Å²) in [4.78, 5) is 0. The highest BCUT2D eigenvalue weighted by molar-refractivity contribution is 5.54. The van der Waals surface area contributed by atoms with E-state index in [1.54, 1.807) is 14.2 Å². The Hall–Kier alpha value is -1.22. The maximum absolute atomic E-state index is 5.55. The molecule has 100 valence electrons. The smallest absolute Gasteiger partial charge is 0.126 e. The summed E-state index contributed by atoms with van der Waals surface area (Å²) in [7, 11) is 3.43. The molecule has 1 aliphatic carbocycles. The molecule has 1 aromatic carbocycles. The van der Waals surface area contributed by atoms with Gasteiger partial charge in [-0.3, -0.25) is 0 Å². The predicted molar refractivity (Wildman–Crippen MR) is 73.6 cm³/mol. The van der Waals surface area contributed by atoms with Crippen LogP contribution in [0.15, 0.2) is 12.1 Å². The van der Waals surface area contributed by atoms with Crippen LogP contribution in [-0.2, 0) is 5.41 Å². The molecule has 0 amide bonds. The van der Waals surface area contributed by atoms with Crippen LogP contribution in [0, 0.1) is 0 Å². The third kappa shape index (κ3) is 2.07. The monoisotopic (exact) mass is 249 g/mol. The molecule has 0 fully saturated rings. The molecule has 3 heteroatoms. The molecule has 0 heterocycles. The first-order valence-electron chi connectivity index (χ1n) is 6.53. The Kier molecular flexibility index (Phi) is 3.53. The van der Waals surface area contributed by atoms with Gasteiger partial charge in [-0.25, -0.2) is 0 Å². The molecular formula is C15H23NO2. The third-order valence-electron chi connectivity index (χ3n) is 3.78. The van der Waals surface area contributed by atoms with E-state index in [1.165, 1.54) is 11.1 Å². The quantitative estimate of drug-likeness (QED) is 0.889. The maximum Gasteiger partial charge on any atom is 0.126 e. The molecule has 0 saturated carbocycles. The van der Waals surface area contributed by atoms with E-state index in [9.17, 15) is 0 Å². The molecule has 0 saturated heterocycles. The number of methoxy groups -OCH3 is 2. The zero-order valence-corrected chi connectivity index (χ0v) is 12.0. The lowest BCUT2D eigenvalue weighted by atomic mass is 9.86. The van der Waals surface area contributed by atoms with Crippen molar-refractivity contribution in [2.45, 2.75) is 38.6 Å². The molecule has 1 aliphatic rings. The first kappa shape index (κ1) is 13.2. The summed E-state index contributed by atoms with van der Waals surface area (Å²) >= 11 is 0. The van der Waals surface area contributed by atoms with E-state index in [4.69, 9.17) is 9.47 Å². The second-order valence-corrected chi connectivity index (χ2v) is 5.49. The van der Waals surface area contributed by atoms with Crippen molar-refractivity contribution >= 4 is 0 Å². The molecule has 0 aliphatic heterocycles. The van der Waals surface area contributed by atoms with Gasteiger partial charge in [0.05, 0.1) is 14.2 Å². The summed E-state index contributed by atoms with van der Waals surface area (Å²) in [5.74, 6) is 1.81.